The summed E-state index contributed by atoms with van der Waals surface area (Å²) in [5.41, 5.74) is 0. The van der Waals surface area contributed by atoms with Crippen LogP contribution in [-0.2, 0) is 10.0 Å². The summed E-state index contributed by atoms with van der Waals surface area (Å²) in [6, 6.07) is 1.59. The molecule has 0 fully saturated rings. The van der Waals surface area contributed by atoms with Crippen molar-refractivity contribution in [3.63, 3.8) is 0 Å². The number of hydrogen-bond donors (Lipinski definition) is 1. The molecule has 0 rings (SSSR count). The predicted molar refractivity (Wildman–Crippen MR) is 50.4 cm³/mol. The van der Waals surface area contributed by atoms with Gasteiger partial charge >= 0.3 is 0 Å². The van der Waals surface area contributed by atoms with Gasteiger partial charge in [0.1, 0.15) is 0 Å². The summed E-state index contributed by atoms with van der Waals surface area (Å²) >= 11 is 1.67. The number of rotatable bonds is 6. The van der Waals surface area contributed by atoms with E-state index in [-0.39, 0.29) is 0 Å². The highest BCUT2D eigenvalue weighted by atomic mass is 32.2. The molecule has 0 saturated heterocycles. The largest absolute Gasteiger partial charge is 0.225 e. The molecule has 0 aromatic carbocycles. The van der Waals surface area contributed by atoms with Crippen molar-refractivity contribution in [2.45, 2.75) is 6.42 Å². The van der Waals surface area contributed by atoms with Gasteiger partial charge < -0.3 is 0 Å². The fourth-order valence-electron chi connectivity index (χ4n) is 0.580. The van der Waals surface area contributed by atoms with Crippen molar-refractivity contribution in [1.29, 1.82) is 5.26 Å². The van der Waals surface area contributed by atoms with Crippen molar-refractivity contribution in [2.75, 3.05) is 24.3 Å². The number of sulfonamides is 1. The molecule has 0 amide bonds. The third-order valence-corrected chi connectivity index (χ3v) is 2.95. The van der Waals surface area contributed by atoms with Gasteiger partial charge in [0.05, 0.1) is 6.07 Å². The Balaban J connectivity index is 3.57. The van der Waals surface area contributed by atoms with E-state index in [1.807, 2.05) is 6.26 Å². The van der Waals surface area contributed by atoms with Crippen molar-refractivity contribution >= 4 is 21.8 Å². The topological polar surface area (TPSA) is 70.0 Å². The third kappa shape index (κ3) is 6.46. The number of thioether (sulfide) groups is 1. The van der Waals surface area contributed by atoms with E-state index in [2.05, 4.69) is 4.72 Å². The first-order valence-electron chi connectivity index (χ1n) is 3.45. The van der Waals surface area contributed by atoms with Gasteiger partial charge in [0, 0.05) is 6.54 Å². The van der Waals surface area contributed by atoms with E-state index in [0.717, 1.165) is 12.2 Å². The minimum absolute atomic E-state index is 0.421. The zero-order valence-electron chi connectivity index (χ0n) is 6.91. The summed E-state index contributed by atoms with van der Waals surface area (Å²) < 4.78 is 24.0. The Hall–Kier alpha value is -0.250. The Kier molecular flexibility index (Phi) is 6.16. The lowest BCUT2D eigenvalue weighted by Gasteiger charge is -2.01. The molecular weight excluding hydrogens is 196 g/mol. The molecule has 0 aromatic rings. The van der Waals surface area contributed by atoms with Crippen molar-refractivity contribution < 1.29 is 8.42 Å². The van der Waals surface area contributed by atoms with Crippen LogP contribution in [0, 0.1) is 11.3 Å². The third-order valence-electron chi connectivity index (χ3n) is 1.10. The standard InChI is InChI=1S/C6H12N2O2S2/c1-11-5-2-4-8-12(9,10)6-3-7/h8H,2,4-6H2,1H3. The van der Waals surface area contributed by atoms with E-state index in [1.54, 1.807) is 17.8 Å². The van der Waals surface area contributed by atoms with E-state index in [0.29, 0.717) is 6.54 Å². The lowest BCUT2D eigenvalue weighted by Crippen LogP contribution is -2.27. The van der Waals surface area contributed by atoms with Crippen LogP contribution in [0.3, 0.4) is 0 Å². The zero-order valence-corrected chi connectivity index (χ0v) is 8.54. The summed E-state index contributed by atoms with van der Waals surface area (Å²) in [6.07, 6.45) is 2.76. The Morgan fingerprint density at radius 3 is 2.75 bits per heavy atom. The quantitative estimate of drug-likeness (QED) is 0.632. The Labute approximate surface area is 77.4 Å². The number of nitrogens with zero attached hydrogens (tertiary/aromatic N) is 1. The van der Waals surface area contributed by atoms with Crippen molar-refractivity contribution in [2.24, 2.45) is 0 Å². The summed E-state index contributed by atoms with van der Waals surface area (Å²) in [5, 5.41) is 8.13. The second-order valence-electron chi connectivity index (χ2n) is 2.16. The highest BCUT2D eigenvalue weighted by Gasteiger charge is 2.06. The molecule has 0 aliphatic carbocycles. The van der Waals surface area contributed by atoms with Gasteiger partial charge in [-0.25, -0.2) is 13.1 Å². The van der Waals surface area contributed by atoms with Gasteiger partial charge in [-0.1, -0.05) is 0 Å². The molecule has 0 heterocycles. The fourth-order valence-corrected chi connectivity index (χ4v) is 1.74. The molecule has 0 aliphatic rings. The molecule has 0 unspecified atom stereocenters. The van der Waals surface area contributed by atoms with Gasteiger partial charge in [-0.2, -0.15) is 17.0 Å². The van der Waals surface area contributed by atoms with Crippen LogP contribution >= 0.6 is 11.8 Å². The van der Waals surface area contributed by atoms with Gasteiger partial charge in [-0.05, 0) is 18.4 Å². The van der Waals surface area contributed by atoms with Crippen LogP contribution in [0.15, 0.2) is 0 Å². The van der Waals surface area contributed by atoms with Crippen LogP contribution in [0.2, 0.25) is 0 Å². The predicted octanol–water partition coefficient (Wildman–Crippen LogP) is 0.182. The highest BCUT2D eigenvalue weighted by molar-refractivity contribution is 7.98. The lowest BCUT2D eigenvalue weighted by atomic mass is 10.5. The second kappa shape index (κ2) is 6.29. The van der Waals surface area contributed by atoms with Gasteiger partial charge in [-0.15, -0.1) is 0 Å². The van der Waals surface area contributed by atoms with Crippen molar-refractivity contribution in [3.8, 4) is 6.07 Å². The summed E-state index contributed by atoms with van der Waals surface area (Å²) in [7, 11) is -3.33. The Bertz CT molecular complexity index is 243. The van der Waals surface area contributed by atoms with E-state index in [9.17, 15) is 8.42 Å². The molecule has 0 atom stereocenters. The highest BCUT2D eigenvalue weighted by Crippen LogP contribution is 1.94. The Morgan fingerprint density at radius 1 is 1.58 bits per heavy atom. The molecule has 0 saturated carbocycles. The van der Waals surface area contributed by atoms with Crippen LogP contribution < -0.4 is 4.72 Å². The van der Waals surface area contributed by atoms with Crippen LogP contribution in [0.1, 0.15) is 6.42 Å². The lowest BCUT2D eigenvalue weighted by molar-refractivity contribution is 0.584. The molecule has 12 heavy (non-hydrogen) atoms. The molecule has 6 heteroatoms. The number of hydrogen-bond acceptors (Lipinski definition) is 4. The first-order chi connectivity index (χ1) is 5.62. The molecule has 0 spiro atoms. The average molecular weight is 208 g/mol. The molecule has 4 nitrogen and oxygen atoms in total. The monoisotopic (exact) mass is 208 g/mol. The number of nitriles is 1. The zero-order chi connectivity index (χ0) is 9.45. The summed E-state index contributed by atoms with van der Waals surface area (Å²) in [6.45, 7) is 0.421. The summed E-state index contributed by atoms with van der Waals surface area (Å²) in [5.74, 6) is 0.474. The molecule has 0 bridgehead atoms. The van der Waals surface area contributed by atoms with Gasteiger partial charge in [0.2, 0.25) is 10.0 Å². The minimum Gasteiger partial charge on any atom is -0.214 e. The van der Waals surface area contributed by atoms with E-state index in [1.165, 1.54) is 0 Å². The maximum Gasteiger partial charge on any atom is 0.225 e. The SMILES string of the molecule is CSCCCNS(=O)(=O)CC#N. The van der Waals surface area contributed by atoms with Crippen LogP contribution in [0.5, 0.6) is 0 Å². The van der Waals surface area contributed by atoms with Gasteiger partial charge in [0.15, 0.2) is 5.75 Å². The first-order valence-corrected chi connectivity index (χ1v) is 6.50. The Morgan fingerprint density at radius 2 is 2.25 bits per heavy atom. The molecule has 0 aromatic heterocycles. The molecule has 0 aliphatic heterocycles. The van der Waals surface area contributed by atoms with Crippen molar-refractivity contribution in [3.05, 3.63) is 0 Å². The average Bonchev–Trinajstić information content (AvgIpc) is 1.98. The smallest absolute Gasteiger partial charge is 0.214 e. The number of nitrogens with one attached hydrogen (secondary N) is 1. The minimum atomic E-state index is -3.33. The van der Waals surface area contributed by atoms with Crippen molar-refractivity contribution in [1.82, 2.24) is 4.72 Å². The van der Waals surface area contributed by atoms with Gasteiger partial charge in [-0.3, -0.25) is 0 Å². The van der Waals surface area contributed by atoms with E-state index < -0.39 is 15.8 Å². The van der Waals surface area contributed by atoms with Crippen LogP contribution in [-0.4, -0.2) is 32.7 Å². The van der Waals surface area contributed by atoms with Crippen LogP contribution in [0.25, 0.3) is 0 Å². The maximum atomic E-state index is 10.9. The first kappa shape index (κ1) is 11.8. The molecule has 0 radical (unpaired) electrons. The fraction of sp³-hybridized carbons (Fsp3) is 0.833. The second-order valence-corrected chi connectivity index (χ2v) is 4.95. The molecule has 1 N–H and O–H groups in total. The van der Waals surface area contributed by atoms with E-state index >= 15 is 0 Å². The van der Waals surface area contributed by atoms with Crippen LogP contribution in [0.4, 0.5) is 0 Å². The normalized spacial score (nSPS) is 11.0. The molecule has 70 valence electrons. The van der Waals surface area contributed by atoms with E-state index in [4.69, 9.17) is 5.26 Å². The van der Waals surface area contributed by atoms with Gasteiger partial charge in [0.25, 0.3) is 0 Å². The summed E-state index contributed by atoms with van der Waals surface area (Å²) in [4.78, 5) is 0. The maximum absolute atomic E-state index is 10.9. The molecular formula is C6H12N2O2S2.